The highest BCUT2D eigenvalue weighted by Crippen LogP contribution is 2.27. The van der Waals surface area contributed by atoms with Gasteiger partial charge in [-0.3, -0.25) is 4.79 Å². The SMILES string of the molecule is CCCC(N)C(=O)Nc1ccc(C)cc1OCc1ccccc1. The molecule has 0 spiro atoms. The molecule has 3 N–H and O–H groups in total. The second-order valence-corrected chi connectivity index (χ2v) is 5.66. The Balaban J connectivity index is 2.09. The van der Waals surface area contributed by atoms with Gasteiger partial charge in [-0.1, -0.05) is 49.7 Å². The summed E-state index contributed by atoms with van der Waals surface area (Å²) in [6, 6.07) is 15.1. The van der Waals surface area contributed by atoms with Crippen molar-refractivity contribution in [3.05, 3.63) is 59.7 Å². The molecule has 0 bridgehead atoms. The summed E-state index contributed by atoms with van der Waals surface area (Å²) in [4.78, 5) is 12.1. The third kappa shape index (κ3) is 5.11. The number of ether oxygens (including phenoxy) is 1. The maximum Gasteiger partial charge on any atom is 0.241 e. The van der Waals surface area contributed by atoms with Crippen molar-refractivity contribution in [1.29, 1.82) is 0 Å². The van der Waals surface area contributed by atoms with E-state index in [0.29, 0.717) is 24.5 Å². The quantitative estimate of drug-likeness (QED) is 0.820. The summed E-state index contributed by atoms with van der Waals surface area (Å²) in [6.45, 7) is 4.45. The topological polar surface area (TPSA) is 64.4 Å². The second kappa shape index (κ2) is 8.34. The summed E-state index contributed by atoms with van der Waals surface area (Å²) in [5.74, 6) is 0.478. The number of nitrogens with one attached hydrogen (secondary N) is 1. The molecule has 1 atom stereocenters. The normalized spacial score (nSPS) is 11.8. The molecular formula is C19H24N2O2. The van der Waals surface area contributed by atoms with E-state index in [4.69, 9.17) is 10.5 Å². The van der Waals surface area contributed by atoms with E-state index in [9.17, 15) is 4.79 Å². The van der Waals surface area contributed by atoms with E-state index in [2.05, 4.69) is 5.32 Å². The van der Waals surface area contributed by atoms with Crippen molar-refractivity contribution in [3.63, 3.8) is 0 Å². The van der Waals surface area contributed by atoms with E-state index in [0.717, 1.165) is 17.5 Å². The van der Waals surface area contributed by atoms with Gasteiger partial charge in [-0.05, 0) is 36.6 Å². The highest BCUT2D eigenvalue weighted by molar-refractivity contribution is 5.95. The molecule has 0 fully saturated rings. The summed E-state index contributed by atoms with van der Waals surface area (Å²) in [7, 11) is 0. The molecular weight excluding hydrogens is 288 g/mol. The molecule has 122 valence electrons. The van der Waals surface area contributed by atoms with Crippen LogP contribution in [0, 0.1) is 6.92 Å². The van der Waals surface area contributed by atoms with E-state index in [1.807, 2.05) is 62.4 Å². The number of carbonyl (C=O) groups is 1. The van der Waals surface area contributed by atoms with Crippen molar-refractivity contribution in [2.45, 2.75) is 39.3 Å². The lowest BCUT2D eigenvalue weighted by atomic mass is 10.1. The molecule has 0 saturated carbocycles. The highest BCUT2D eigenvalue weighted by atomic mass is 16.5. The van der Waals surface area contributed by atoms with Crippen LogP contribution in [0.3, 0.4) is 0 Å². The molecule has 0 aliphatic rings. The minimum Gasteiger partial charge on any atom is -0.487 e. The summed E-state index contributed by atoms with van der Waals surface area (Å²) in [5.41, 5.74) is 8.67. The van der Waals surface area contributed by atoms with Gasteiger partial charge in [0.1, 0.15) is 12.4 Å². The van der Waals surface area contributed by atoms with Crippen LogP contribution < -0.4 is 15.8 Å². The van der Waals surface area contributed by atoms with Gasteiger partial charge < -0.3 is 15.8 Å². The number of hydrogen-bond donors (Lipinski definition) is 2. The summed E-state index contributed by atoms with van der Waals surface area (Å²) in [5, 5.41) is 2.87. The van der Waals surface area contributed by atoms with Crippen molar-refractivity contribution in [2.24, 2.45) is 5.73 Å². The van der Waals surface area contributed by atoms with Crippen LogP contribution >= 0.6 is 0 Å². The molecule has 1 unspecified atom stereocenters. The second-order valence-electron chi connectivity index (χ2n) is 5.66. The van der Waals surface area contributed by atoms with E-state index in [1.54, 1.807) is 0 Å². The zero-order chi connectivity index (χ0) is 16.7. The lowest BCUT2D eigenvalue weighted by Gasteiger charge is -2.16. The Morgan fingerprint density at radius 3 is 2.65 bits per heavy atom. The number of rotatable bonds is 7. The molecule has 0 aromatic heterocycles. The van der Waals surface area contributed by atoms with Gasteiger partial charge in [0, 0.05) is 0 Å². The first kappa shape index (κ1) is 17.0. The molecule has 4 nitrogen and oxygen atoms in total. The molecule has 2 aromatic carbocycles. The predicted molar refractivity (Wildman–Crippen MR) is 93.5 cm³/mol. The number of carbonyl (C=O) groups excluding carboxylic acids is 1. The number of benzene rings is 2. The first-order chi connectivity index (χ1) is 11.1. The molecule has 1 amide bonds. The third-order valence-corrected chi connectivity index (χ3v) is 3.57. The molecule has 0 heterocycles. The largest absolute Gasteiger partial charge is 0.487 e. The average Bonchev–Trinajstić information content (AvgIpc) is 2.56. The van der Waals surface area contributed by atoms with Crippen LogP contribution in [0.4, 0.5) is 5.69 Å². The maximum atomic E-state index is 12.1. The van der Waals surface area contributed by atoms with Gasteiger partial charge in [0.15, 0.2) is 0 Å². The molecule has 2 aromatic rings. The fraction of sp³-hybridized carbons (Fsp3) is 0.316. The summed E-state index contributed by atoms with van der Waals surface area (Å²) in [6.07, 6.45) is 1.54. The Morgan fingerprint density at radius 2 is 1.96 bits per heavy atom. The van der Waals surface area contributed by atoms with Gasteiger partial charge in [-0.25, -0.2) is 0 Å². The van der Waals surface area contributed by atoms with Gasteiger partial charge in [0.25, 0.3) is 0 Å². The zero-order valence-electron chi connectivity index (χ0n) is 13.7. The van der Waals surface area contributed by atoms with Crippen molar-refractivity contribution in [2.75, 3.05) is 5.32 Å². The fourth-order valence-corrected chi connectivity index (χ4v) is 2.26. The molecule has 2 rings (SSSR count). The summed E-state index contributed by atoms with van der Waals surface area (Å²) >= 11 is 0. The van der Waals surface area contributed by atoms with E-state index < -0.39 is 6.04 Å². The van der Waals surface area contributed by atoms with Crippen molar-refractivity contribution >= 4 is 11.6 Å². The average molecular weight is 312 g/mol. The van der Waals surface area contributed by atoms with Gasteiger partial charge in [-0.15, -0.1) is 0 Å². The number of nitrogens with two attached hydrogens (primary N) is 1. The monoisotopic (exact) mass is 312 g/mol. The van der Waals surface area contributed by atoms with Crippen molar-refractivity contribution in [1.82, 2.24) is 0 Å². The number of aryl methyl sites for hydroxylation is 1. The Morgan fingerprint density at radius 1 is 1.22 bits per heavy atom. The van der Waals surface area contributed by atoms with Crippen LogP contribution in [-0.4, -0.2) is 11.9 Å². The molecule has 23 heavy (non-hydrogen) atoms. The highest BCUT2D eigenvalue weighted by Gasteiger charge is 2.15. The lowest BCUT2D eigenvalue weighted by Crippen LogP contribution is -2.35. The first-order valence-corrected chi connectivity index (χ1v) is 7.94. The molecule has 0 aliphatic carbocycles. The van der Waals surface area contributed by atoms with E-state index in [1.165, 1.54) is 0 Å². The summed E-state index contributed by atoms with van der Waals surface area (Å²) < 4.78 is 5.89. The van der Waals surface area contributed by atoms with Gasteiger partial charge in [-0.2, -0.15) is 0 Å². The Labute approximate surface area is 137 Å². The Hall–Kier alpha value is -2.33. The van der Waals surface area contributed by atoms with E-state index >= 15 is 0 Å². The van der Waals surface area contributed by atoms with Crippen molar-refractivity contribution in [3.8, 4) is 5.75 Å². The Kier molecular flexibility index (Phi) is 6.18. The Bertz CT molecular complexity index is 641. The first-order valence-electron chi connectivity index (χ1n) is 7.94. The van der Waals surface area contributed by atoms with Gasteiger partial charge >= 0.3 is 0 Å². The lowest BCUT2D eigenvalue weighted by molar-refractivity contribution is -0.117. The van der Waals surface area contributed by atoms with Gasteiger partial charge in [0.2, 0.25) is 5.91 Å². The minimum atomic E-state index is -0.497. The van der Waals surface area contributed by atoms with Gasteiger partial charge in [0.05, 0.1) is 11.7 Å². The number of anilines is 1. The molecule has 0 radical (unpaired) electrons. The third-order valence-electron chi connectivity index (χ3n) is 3.57. The number of amides is 1. The van der Waals surface area contributed by atoms with Crippen LogP contribution in [0.25, 0.3) is 0 Å². The van der Waals surface area contributed by atoms with Crippen LogP contribution in [0.2, 0.25) is 0 Å². The molecule has 0 aliphatic heterocycles. The van der Waals surface area contributed by atoms with Crippen LogP contribution in [0.15, 0.2) is 48.5 Å². The number of hydrogen-bond acceptors (Lipinski definition) is 3. The zero-order valence-corrected chi connectivity index (χ0v) is 13.7. The fourth-order valence-electron chi connectivity index (χ4n) is 2.26. The standard InChI is InChI=1S/C19H24N2O2/c1-3-7-16(20)19(22)21-17-11-10-14(2)12-18(17)23-13-15-8-5-4-6-9-15/h4-6,8-12,16H,3,7,13,20H2,1-2H3,(H,21,22). The van der Waals surface area contributed by atoms with Crippen LogP contribution in [0.1, 0.15) is 30.9 Å². The predicted octanol–water partition coefficient (Wildman–Crippen LogP) is 3.64. The maximum absolute atomic E-state index is 12.1. The smallest absolute Gasteiger partial charge is 0.241 e. The van der Waals surface area contributed by atoms with Crippen molar-refractivity contribution < 1.29 is 9.53 Å². The van der Waals surface area contributed by atoms with E-state index in [-0.39, 0.29) is 5.91 Å². The van der Waals surface area contributed by atoms with Crippen LogP contribution in [-0.2, 0) is 11.4 Å². The van der Waals surface area contributed by atoms with Crippen LogP contribution in [0.5, 0.6) is 5.75 Å². The minimum absolute atomic E-state index is 0.180. The molecule has 4 heteroatoms. The molecule has 0 saturated heterocycles.